The Hall–Kier alpha value is -1.60. The Morgan fingerprint density at radius 1 is 1.47 bits per heavy atom. The maximum absolute atomic E-state index is 8.79. The number of piperidine rings is 1. The van der Waals surface area contributed by atoms with Gasteiger partial charge in [-0.2, -0.15) is 5.26 Å². The largest absolute Gasteiger partial charge is 0.367 e. The minimum Gasteiger partial charge on any atom is -0.367 e. The molecular weight excluding hydrogens is 212 g/mol. The van der Waals surface area contributed by atoms with Crippen LogP contribution in [0.1, 0.15) is 25.5 Å². The summed E-state index contributed by atoms with van der Waals surface area (Å²) in [4.78, 5) is 6.69. The molecule has 0 radical (unpaired) electrons. The van der Waals surface area contributed by atoms with Gasteiger partial charge < -0.3 is 10.2 Å². The number of anilines is 1. The quantitative estimate of drug-likeness (QED) is 0.861. The predicted molar refractivity (Wildman–Crippen MR) is 67.7 cm³/mol. The highest BCUT2D eigenvalue weighted by Crippen LogP contribution is 2.15. The van der Waals surface area contributed by atoms with Crippen molar-refractivity contribution < 1.29 is 0 Å². The summed E-state index contributed by atoms with van der Waals surface area (Å²) in [6.07, 6.45) is 2.29. The van der Waals surface area contributed by atoms with E-state index in [0.717, 1.165) is 38.3 Å². The number of rotatable bonds is 3. The lowest BCUT2D eigenvalue weighted by Gasteiger charge is -2.31. The number of hydrogen-bond donors (Lipinski definition) is 1. The van der Waals surface area contributed by atoms with Crippen LogP contribution in [0.2, 0.25) is 0 Å². The van der Waals surface area contributed by atoms with Crippen LogP contribution in [0, 0.1) is 11.3 Å². The molecule has 0 atom stereocenters. The third-order valence-electron chi connectivity index (χ3n) is 3.25. The molecular formula is C13H18N4. The molecule has 1 fully saturated rings. The van der Waals surface area contributed by atoms with Gasteiger partial charge in [0.2, 0.25) is 0 Å². The highest BCUT2D eigenvalue weighted by molar-refractivity contribution is 5.39. The smallest absolute Gasteiger partial charge is 0.142 e. The molecule has 1 aliphatic rings. The second-order valence-electron chi connectivity index (χ2n) is 4.37. The lowest BCUT2D eigenvalue weighted by molar-refractivity contribution is 0.229. The average Bonchev–Trinajstić information content (AvgIpc) is 2.40. The molecule has 4 heteroatoms. The van der Waals surface area contributed by atoms with Crippen molar-refractivity contribution in [2.45, 2.75) is 25.8 Å². The van der Waals surface area contributed by atoms with E-state index in [2.05, 4.69) is 28.2 Å². The van der Waals surface area contributed by atoms with Crippen molar-refractivity contribution in [3.05, 3.63) is 23.9 Å². The average molecular weight is 230 g/mol. The molecule has 0 aromatic carbocycles. The third-order valence-corrected chi connectivity index (χ3v) is 3.25. The van der Waals surface area contributed by atoms with E-state index in [9.17, 15) is 0 Å². The Bertz CT molecular complexity index is 402. The number of nitrogens with zero attached hydrogens (tertiary/aromatic N) is 3. The molecule has 0 spiro atoms. The topological polar surface area (TPSA) is 52.0 Å². The maximum Gasteiger partial charge on any atom is 0.142 e. The zero-order valence-electron chi connectivity index (χ0n) is 10.2. The number of pyridine rings is 1. The van der Waals surface area contributed by atoms with Gasteiger partial charge in [-0.3, -0.25) is 0 Å². The van der Waals surface area contributed by atoms with Crippen LogP contribution in [-0.2, 0) is 0 Å². The van der Waals surface area contributed by atoms with Crippen molar-refractivity contribution in [2.75, 3.05) is 25.0 Å². The second kappa shape index (κ2) is 5.65. The summed E-state index contributed by atoms with van der Waals surface area (Å²) >= 11 is 0. The number of hydrogen-bond acceptors (Lipinski definition) is 4. The van der Waals surface area contributed by atoms with Crippen LogP contribution in [0.25, 0.3) is 0 Å². The fourth-order valence-electron chi connectivity index (χ4n) is 2.18. The molecule has 1 N–H and O–H groups in total. The fraction of sp³-hybridized carbons (Fsp3) is 0.538. The molecule has 1 aliphatic heterocycles. The molecule has 1 aromatic heterocycles. The Kier molecular flexibility index (Phi) is 3.94. The van der Waals surface area contributed by atoms with E-state index in [1.54, 1.807) is 6.07 Å². The van der Waals surface area contributed by atoms with E-state index >= 15 is 0 Å². The summed E-state index contributed by atoms with van der Waals surface area (Å²) in [6, 6.07) is 8.07. The van der Waals surface area contributed by atoms with Crippen LogP contribution < -0.4 is 5.32 Å². The van der Waals surface area contributed by atoms with Gasteiger partial charge in [-0.15, -0.1) is 0 Å². The number of nitrogens with one attached hydrogen (secondary N) is 1. The van der Waals surface area contributed by atoms with Gasteiger partial charge in [0.15, 0.2) is 0 Å². The maximum atomic E-state index is 8.79. The SMILES string of the molecule is CCN1CCC(Nc2cccc(C#N)n2)CC1. The summed E-state index contributed by atoms with van der Waals surface area (Å²) < 4.78 is 0. The molecule has 0 aliphatic carbocycles. The lowest BCUT2D eigenvalue weighted by atomic mass is 10.1. The third kappa shape index (κ3) is 3.18. The van der Waals surface area contributed by atoms with Crippen LogP contribution in [-0.4, -0.2) is 35.6 Å². The van der Waals surface area contributed by atoms with Crippen molar-refractivity contribution in [2.24, 2.45) is 0 Å². The van der Waals surface area contributed by atoms with E-state index in [-0.39, 0.29) is 0 Å². The zero-order chi connectivity index (χ0) is 12.1. The van der Waals surface area contributed by atoms with E-state index in [0.29, 0.717) is 11.7 Å². The highest BCUT2D eigenvalue weighted by Gasteiger charge is 2.17. The van der Waals surface area contributed by atoms with Crippen molar-refractivity contribution in [1.29, 1.82) is 5.26 Å². The molecule has 17 heavy (non-hydrogen) atoms. The first kappa shape index (κ1) is 11.9. The first-order valence-electron chi connectivity index (χ1n) is 6.18. The number of aromatic nitrogens is 1. The van der Waals surface area contributed by atoms with E-state index < -0.39 is 0 Å². The molecule has 0 unspecified atom stereocenters. The van der Waals surface area contributed by atoms with Crippen molar-refractivity contribution >= 4 is 5.82 Å². The van der Waals surface area contributed by atoms with Crippen LogP contribution in [0.4, 0.5) is 5.82 Å². The molecule has 1 saturated heterocycles. The van der Waals surface area contributed by atoms with Gasteiger partial charge in [0, 0.05) is 19.1 Å². The van der Waals surface area contributed by atoms with Crippen molar-refractivity contribution in [1.82, 2.24) is 9.88 Å². The van der Waals surface area contributed by atoms with Gasteiger partial charge in [-0.1, -0.05) is 13.0 Å². The number of nitriles is 1. The molecule has 0 amide bonds. The zero-order valence-corrected chi connectivity index (χ0v) is 10.2. The monoisotopic (exact) mass is 230 g/mol. The van der Waals surface area contributed by atoms with E-state index in [1.807, 2.05) is 12.1 Å². The molecule has 0 saturated carbocycles. The molecule has 2 heterocycles. The Morgan fingerprint density at radius 3 is 2.88 bits per heavy atom. The molecule has 4 nitrogen and oxygen atoms in total. The van der Waals surface area contributed by atoms with Crippen LogP contribution >= 0.6 is 0 Å². The predicted octanol–water partition coefficient (Wildman–Crippen LogP) is 1.85. The second-order valence-corrected chi connectivity index (χ2v) is 4.37. The lowest BCUT2D eigenvalue weighted by Crippen LogP contribution is -2.39. The van der Waals surface area contributed by atoms with E-state index in [1.165, 1.54) is 0 Å². The van der Waals surface area contributed by atoms with Gasteiger partial charge in [0.05, 0.1) is 0 Å². The fourth-order valence-corrected chi connectivity index (χ4v) is 2.18. The Balaban J connectivity index is 1.91. The van der Waals surface area contributed by atoms with Gasteiger partial charge >= 0.3 is 0 Å². The standard InChI is InChI=1S/C13H18N4/c1-2-17-8-6-11(7-9-17)15-13-5-3-4-12(10-14)16-13/h3-5,11H,2,6-9H2,1H3,(H,15,16). The molecule has 0 bridgehead atoms. The van der Waals surface area contributed by atoms with Crippen LogP contribution in [0.5, 0.6) is 0 Å². The van der Waals surface area contributed by atoms with Gasteiger partial charge in [0.25, 0.3) is 0 Å². The first-order valence-corrected chi connectivity index (χ1v) is 6.18. The van der Waals surface area contributed by atoms with Crippen LogP contribution in [0.15, 0.2) is 18.2 Å². The summed E-state index contributed by atoms with van der Waals surface area (Å²) in [5.74, 6) is 0.819. The molecule has 1 aromatic rings. The van der Waals surface area contributed by atoms with Crippen molar-refractivity contribution in [3.63, 3.8) is 0 Å². The molecule has 90 valence electrons. The van der Waals surface area contributed by atoms with E-state index in [4.69, 9.17) is 5.26 Å². The normalized spacial score (nSPS) is 17.6. The Morgan fingerprint density at radius 2 is 2.24 bits per heavy atom. The summed E-state index contributed by atoms with van der Waals surface area (Å²) in [7, 11) is 0. The van der Waals surface area contributed by atoms with Gasteiger partial charge in [0.1, 0.15) is 17.6 Å². The van der Waals surface area contributed by atoms with Crippen LogP contribution in [0.3, 0.4) is 0 Å². The van der Waals surface area contributed by atoms with Gasteiger partial charge in [-0.25, -0.2) is 4.98 Å². The summed E-state index contributed by atoms with van der Waals surface area (Å²) in [5.41, 5.74) is 0.473. The summed E-state index contributed by atoms with van der Waals surface area (Å²) in [6.45, 7) is 5.62. The minimum absolute atomic E-state index is 0.473. The highest BCUT2D eigenvalue weighted by atomic mass is 15.1. The first-order chi connectivity index (χ1) is 8.31. The molecule has 2 rings (SSSR count). The Labute approximate surface area is 102 Å². The minimum atomic E-state index is 0.473. The van der Waals surface area contributed by atoms with Crippen molar-refractivity contribution in [3.8, 4) is 6.07 Å². The van der Waals surface area contributed by atoms with Gasteiger partial charge in [-0.05, 0) is 31.5 Å². The summed E-state index contributed by atoms with van der Waals surface area (Å²) in [5, 5.41) is 12.2. The number of likely N-dealkylation sites (tertiary alicyclic amines) is 1.